The van der Waals surface area contributed by atoms with E-state index in [2.05, 4.69) is 11.9 Å². The Balaban J connectivity index is 2.12. The number of alkyl halides is 1. The van der Waals surface area contributed by atoms with Crippen molar-refractivity contribution in [2.24, 2.45) is 10.9 Å². The van der Waals surface area contributed by atoms with E-state index in [0.29, 0.717) is 12.3 Å². The van der Waals surface area contributed by atoms with Crippen molar-refractivity contribution < 1.29 is 4.39 Å². The molecule has 3 unspecified atom stereocenters. The van der Waals surface area contributed by atoms with Crippen LogP contribution in [0.3, 0.4) is 0 Å². The van der Waals surface area contributed by atoms with Crippen LogP contribution < -0.4 is 0 Å². The average molecular weight is 141 g/mol. The smallest absolute Gasteiger partial charge is 0.135 e. The molecule has 0 aromatic carbocycles. The van der Waals surface area contributed by atoms with E-state index in [0.717, 1.165) is 12.8 Å². The Labute approximate surface area is 60.3 Å². The van der Waals surface area contributed by atoms with Crippen molar-refractivity contribution in [2.75, 3.05) is 0 Å². The maximum Gasteiger partial charge on any atom is 0.135 e. The fraction of sp³-hybridized carbons (Fsp3) is 0.875. The first-order chi connectivity index (χ1) is 4.71. The topological polar surface area (TPSA) is 12.4 Å². The van der Waals surface area contributed by atoms with Crippen molar-refractivity contribution in [1.29, 1.82) is 0 Å². The highest BCUT2D eigenvalue weighted by Gasteiger charge is 2.56. The summed E-state index contributed by atoms with van der Waals surface area (Å²) in [6.07, 6.45) is 4.25. The molecule has 0 N–H and O–H groups in total. The standard InChI is InChI=1S/C8H12FN/c1-6-2-3-10-7-5-8(7,9)4-6/h3,6-7H,2,4-5H2,1H3. The van der Waals surface area contributed by atoms with Gasteiger partial charge in [-0.3, -0.25) is 4.99 Å². The zero-order valence-electron chi connectivity index (χ0n) is 6.18. The monoisotopic (exact) mass is 141 g/mol. The van der Waals surface area contributed by atoms with Gasteiger partial charge in [-0.15, -0.1) is 0 Å². The largest absolute Gasteiger partial charge is 0.291 e. The lowest BCUT2D eigenvalue weighted by Crippen LogP contribution is -2.09. The Morgan fingerprint density at radius 1 is 1.60 bits per heavy atom. The minimum Gasteiger partial charge on any atom is -0.291 e. The summed E-state index contributed by atoms with van der Waals surface area (Å²) in [5, 5.41) is 0. The van der Waals surface area contributed by atoms with Gasteiger partial charge in [0.05, 0.1) is 6.04 Å². The van der Waals surface area contributed by atoms with Crippen LogP contribution >= 0.6 is 0 Å². The minimum atomic E-state index is -0.896. The number of fused-ring (bicyclic) bond motifs is 1. The number of rotatable bonds is 0. The third-order valence-electron chi connectivity index (χ3n) is 2.45. The SMILES string of the molecule is CC1CC=NC2CC2(F)C1. The highest BCUT2D eigenvalue weighted by molar-refractivity contribution is 5.59. The molecular formula is C8H12FN. The van der Waals surface area contributed by atoms with E-state index >= 15 is 0 Å². The van der Waals surface area contributed by atoms with Gasteiger partial charge in [0.2, 0.25) is 0 Å². The first-order valence-electron chi connectivity index (χ1n) is 3.91. The Kier molecular flexibility index (Phi) is 1.14. The predicted octanol–water partition coefficient (Wildman–Crippen LogP) is 1.97. The van der Waals surface area contributed by atoms with Crippen LogP contribution in [0.1, 0.15) is 26.2 Å². The molecule has 0 aromatic heterocycles. The van der Waals surface area contributed by atoms with E-state index in [1.165, 1.54) is 0 Å². The highest BCUT2D eigenvalue weighted by atomic mass is 19.1. The molecule has 2 heteroatoms. The van der Waals surface area contributed by atoms with Crippen LogP contribution in [0.15, 0.2) is 4.99 Å². The zero-order chi connectivity index (χ0) is 7.19. The lowest BCUT2D eigenvalue weighted by atomic mass is 10.0. The quantitative estimate of drug-likeness (QED) is 0.489. The van der Waals surface area contributed by atoms with Crippen molar-refractivity contribution in [3.8, 4) is 0 Å². The van der Waals surface area contributed by atoms with Gasteiger partial charge in [-0.25, -0.2) is 4.39 Å². The van der Waals surface area contributed by atoms with Crippen LogP contribution in [-0.4, -0.2) is 17.9 Å². The zero-order valence-corrected chi connectivity index (χ0v) is 6.18. The van der Waals surface area contributed by atoms with E-state index in [4.69, 9.17) is 0 Å². The molecule has 1 saturated carbocycles. The van der Waals surface area contributed by atoms with E-state index < -0.39 is 5.67 Å². The van der Waals surface area contributed by atoms with Crippen LogP contribution in [0.25, 0.3) is 0 Å². The second-order valence-corrected chi connectivity index (χ2v) is 3.63. The molecule has 0 spiro atoms. The molecule has 2 aliphatic rings. The minimum absolute atomic E-state index is 0.0254. The number of aliphatic imine (C=N–C) groups is 1. The second kappa shape index (κ2) is 1.80. The summed E-state index contributed by atoms with van der Waals surface area (Å²) in [7, 11) is 0. The van der Waals surface area contributed by atoms with E-state index in [-0.39, 0.29) is 6.04 Å². The lowest BCUT2D eigenvalue weighted by molar-refractivity contribution is 0.250. The molecule has 1 fully saturated rings. The van der Waals surface area contributed by atoms with Gasteiger partial charge < -0.3 is 0 Å². The molecule has 0 amide bonds. The Bertz CT molecular complexity index is 178. The number of halogens is 1. The average Bonchev–Trinajstić information content (AvgIpc) is 2.40. The van der Waals surface area contributed by atoms with Crippen LogP contribution in [0.4, 0.5) is 4.39 Å². The maximum atomic E-state index is 13.3. The normalized spacial score (nSPS) is 51.8. The van der Waals surface area contributed by atoms with Gasteiger partial charge in [-0.1, -0.05) is 6.92 Å². The Morgan fingerprint density at radius 3 is 3.20 bits per heavy atom. The molecule has 0 saturated heterocycles. The van der Waals surface area contributed by atoms with Gasteiger partial charge >= 0.3 is 0 Å². The molecular weight excluding hydrogens is 129 g/mol. The lowest BCUT2D eigenvalue weighted by Gasteiger charge is -2.08. The molecule has 1 aliphatic carbocycles. The van der Waals surface area contributed by atoms with Crippen LogP contribution in [0.2, 0.25) is 0 Å². The van der Waals surface area contributed by atoms with Crippen molar-refractivity contribution in [3.63, 3.8) is 0 Å². The molecule has 0 bridgehead atoms. The van der Waals surface area contributed by atoms with Crippen LogP contribution in [-0.2, 0) is 0 Å². The second-order valence-electron chi connectivity index (χ2n) is 3.63. The molecule has 1 heterocycles. The van der Waals surface area contributed by atoms with Gasteiger partial charge in [-0.05, 0) is 25.0 Å². The van der Waals surface area contributed by atoms with Gasteiger partial charge in [0.25, 0.3) is 0 Å². The Morgan fingerprint density at radius 2 is 2.40 bits per heavy atom. The van der Waals surface area contributed by atoms with E-state index in [1.807, 2.05) is 6.21 Å². The van der Waals surface area contributed by atoms with Crippen LogP contribution in [0, 0.1) is 5.92 Å². The highest BCUT2D eigenvalue weighted by Crippen LogP contribution is 2.49. The molecule has 3 atom stereocenters. The summed E-state index contributed by atoms with van der Waals surface area (Å²) >= 11 is 0. The summed E-state index contributed by atoms with van der Waals surface area (Å²) in [4.78, 5) is 4.12. The summed E-state index contributed by atoms with van der Waals surface area (Å²) in [5.74, 6) is 0.487. The van der Waals surface area contributed by atoms with Gasteiger partial charge in [0.1, 0.15) is 5.67 Å². The number of nitrogens with zero attached hydrogens (tertiary/aromatic N) is 1. The molecule has 1 aliphatic heterocycles. The summed E-state index contributed by atoms with van der Waals surface area (Å²) in [6, 6.07) is 0.0254. The van der Waals surface area contributed by atoms with Crippen LogP contribution in [0.5, 0.6) is 0 Å². The van der Waals surface area contributed by atoms with Crippen molar-refractivity contribution in [3.05, 3.63) is 0 Å². The maximum absolute atomic E-state index is 13.3. The Hall–Kier alpha value is -0.400. The summed E-state index contributed by atoms with van der Waals surface area (Å²) in [6.45, 7) is 2.09. The third kappa shape index (κ3) is 0.862. The summed E-state index contributed by atoms with van der Waals surface area (Å²) < 4.78 is 13.3. The molecule has 0 aromatic rings. The first kappa shape index (κ1) is 6.32. The third-order valence-corrected chi connectivity index (χ3v) is 2.45. The van der Waals surface area contributed by atoms with Gasteiger partial charge in [0.15, 0.2) is 0 Å². The van der Waals surface area contributed by atoms with Gasteiger partial charge in [0, 0.05) is 6.42 Å². The van der Waals surface area contributed by atoms with E-state index in [9.17, 15) is 4.39 Å². The fourth-order valence-electron chi connectivity index (χ4n) is 1.70. The van der Waals surface area contributed by atoms with E-state index in [1.54, 1.807) is 0 Å². The molecule has 2 rings (SSSR count). The number of hydrogen-bond acceptors (Lipinski definition) is 1. The molecule has 10 heavy (non-hydrogen) atoms. The number of hydrogen-bond donors (Lipinski definition) is 0. The summed E-state index contributed by atoms with van der Waals surface area (Å²) in [5.41, 5.74) is -0.896. The predicted molar refractivity (Wildman–Crippen MR) is 39.1 cm³/mol. The van der Waals surface area contributed by atoms with Crippen molar-refractivity contribution >= 4 is 6.21 Å². The molecule has 1 nitrogen and oxygen atoms in total. The van der Waals surface area contributed by atoms with Gasteiger partial charge in [-0.2, -0.15) is 0 Å². The first-order valence-corrected chi connectivity index (χ1v) is 3.91. The molecule has 56 valence electrons. The fourth-order valence-corrected chi connectivity index (χ4v) is 1.70. The van der Waals surface area contributed by atoms with Crippen molar-refractivity contribution in [1.82, 2.24) is 0 Å². The molecule has 0 radical (unpaired) electrons. The van der Waals surface area contributed by atoms with Crippen molar-refractivity contribution in [2.45, 2.75) is 37.9 Å².